The average molecular weight is 421 g/mol. The number of hydrogen-bond acceptors (Lipinski definition) is 4. The second-order valence-electron chi connectivity index (χ2n) is 6.07. The Morgan fingerprint density at radius 1 is 1.15 bits per heavy atom. The van der Waals surface area contributed by atoms with Crippen LogP contribution in [0.4, 0.5) is 5.69 Å². The predicted octanol–water partition coefficient (Wildman–Crippen LogP) is 4.90. The summed E-state index contributed by atoms with van der Waals surface area (Å²) in [5, 5.41) is 13.1. The minimum absolute atomic E-state index is 0.133. The van der Waals surface area contributed by atoms with Gasteiger partial charge in [0, 0.05) is 28.5 Å². The Balaban J connectivity index is 1.60. The van der Waals surface area contributed by atoms with E-state index in [1.54, 1.807) is 12.1 Å². The van der Waals surface area contributed by atoms with Crippen LogP contribution in [0.1, 0.15) is 17.0 Å². The summed E-state index contributed by atoms with van der Waals surface area (Å²) >= 11 is 13.6. The molecule has 140 valence electrons. The highest BCUT2D eigenvalue weighted by molar-refractivity contribution is 7.98. The van der Waals surface area contributed by atoms with Crippen molar-refractivity contribution < 1.29 is 4.79 Å². The first-order chi connectivity index (χ1) is 12.9. The minimum atomic E-state index is -0.133. The molecule has 0 saturated carbocycles. The molecule has 0 saturated heterocycles. The summed E-state index contributed by atoms with van der Waals surface area (Å²) in [6.07, 6.45) is 0.152. The third-order valence-corrected chi connectivity index (χ3v) is 5.61. The Kier molecular flexibility index (Phi) is 6.42. The van der Waals surface area contributed by atoms with Gasteiger partial charge >= 0.3 is 0 Å². The van der Waals surface area contributed by atoms with Gasteiger partial charge in [-0.25, -0.2) is 0 Å². The van der Waals surface area contributed by atoms with Crippen molar-refractivity contribution in [2.45, 2.75) is 24.3 Å². The number of hydrogen-bond donors (Lipinski definition) is 1. The predicted molar refractivity (Wildman–Crippen MR) is 111 cm³/mol. The van der Waals surface area contributed by atoms with Crippen molar-refractivity contribution >= 4 is 46.6 Å². The largest absolute Gasteiger partial charge is 0.326 e. The standard InChI is InChI=1S/C19H18Cl2N4OS/c1-12-3-7-15(8-4-12)22-18(26)10-17-23-24-19(25(17)2)27-11-13-5-6-14(20)9-16(13)21/h3-9H,10-11H2,1-2H3,(H,22,26). The van der Waals surface area contributed by atoms with Gasteiger partial charge in [-0.05, 0) is 36.8 Å². The molecule has 3 rings (SSSR count). The number of aromatic nitrogens is 3. The van der Waals surface area contributed by atoms with Crippen LogP contribution in [0.3, 0.4) is 0 Å². The Morgan fingerprint density at radius 2 is 1.89 bits per heavy atom. The van der Waals surface area contributed by atoms with Crippen LogP contribution in [0, 0.1) is 6.92 Å². The van der Waals surface area contributed by atoms with Crippen LogP contribution in [0.2, 0.25) is 10.0 Å². The number of benzene rings is 2. The van der Waals surface area contributed by atoms with Gasteiger partial charge < -0.3 is 9.88 Å². The Morgan fingerprint density at radius 3 is 2.59 bits per heavy atom. The lowest BCUT2D eigenvalue weighted by molar-refractivity contribution is -0.115. The van der Waals surface area contributed by atoms with Gasteiger partial charge in [-0.3, -0.25) is 4.79 Å². The van der Waals surface area contributed by atoms with Gasteiger partial charge in [0.05, 0.1) is 6.42 Å². The molecule has 0 bridgehead atoms. The Labute approximate surface area is 172 Å². The zero-order chi connectivity index (χ0) is 19.4. The van der Waals surface area contributed by atoms with E-state index in [1.165, 1.54) is 11.8 Å². The number of halogens is 2. The fourth-order valence-corrected chi connectivity index (χ4v) is 3.88. The number of nitrogens with one attached hydrogen (secondary N) is 1. The molecule has 0 unspecified atom stereocenters. The topological polar surface area (TPSA) is 59.8 Å². The van der Waals surface area contributed by atoms with E-state index < -0.39 is 0 Å². The smallest absolute Gasteiger partial charge is 0.232 e. The van der Waals surface area contributed by atoms with Gasteiger partial charge in [-0.15, -0.1) is 10.2 Å². The summed E-state index contributed by atoms with van der Waals surface area (Å²) in [7, 11) is 1.85. The molecule has 1 amide bonds. The van der Waals surface area contributed by atoms with E-state index in [9.17, 15) is 4.79 Å². The molecule has 27 heavy (non-hydrogen) atoms. The number of amides is 1. The van der Waals surface area contributed by atoms with E-state index in [0.717, 1.165) is 22.0 Å². The molecule has 0 atom stereocenters. The van der Waals surface area contributed by atoms with Crippen LogP contribution in [0.25, 0.3) is 0 Å². The van der Waals surface area contributed by atoms with Crippen molar-refractivity contribution in [3.63, 3.8) is 0 Å². The molecule has 1 aromatic heterocycles. The molecule has 0 fully saturated rings. The number of nitrogens with zero attached hydrogens (tertiary/aromatic N) is 3. The first-order valence-electron chi connectivity index (χ1n) is 8.24. The van der Waals surface area contributed by atoms with Crippen LogP contribution in [0.15, 0.2) is 47.6 Å². The molecule has 0 aliphatic rings. The molecule has 0 aliphatic carbocycles. The van der Waals surface area contributed by atoms with Gasteiger partial charge in [0.1, 0.15) is 5.82 Å². The zero-order valence-corrected chi connectivity index (χ0v) is 17.2. The second kappa shape index (κ2) is 8.78. The Bertz CT molecular complexity index is 957. The number of carbonyl (C=O) groups excluding carboxylic acids is 1. The monoisotopic (exact) mass is 420 g/mol. The fourth-order valence-electron chi connectivity index (χ4n) is 2.39. The van der Waals surface area contributed by atoms with E-state index in [4.69, 9.17) is 23.2 Å². The molecule has 1 N–H and O–H groups in total. The summed E-state index contributed by atoms with van der Waals surface area (Å²) in [6, 6.07) is 13.1. The molecule has 0 aliphatic heterocycles. The average Bonchev–Trinajstić information content (AvgIpc) is 2.96. The summed E-state index contributed by atoms with van der Waals surface area (Å²) in [4.78, 5) is 12.3. The molecule has 0 spiro atoms. The van der Waals surface area contributed by atoms with Crippen LogP contribution in [-0.4, -0.2) is 20.7 Å². The van der Waals surface area contributed by atoms with Crippen molar-refractivity contribution in [2.75, 3.05) is 5.32 Å². The maximum atomic E-state index is 12.3. The van der Waals surface area contributed by atoms with Crippen molar-refractivity contribution in [3.05, 3.63) is 69.5 Å². The lowest BCUT2D eigenvalue weighted by Gasteiger charge is -2.07. The van der Waals surface area contributed by atoms with Crippen molar-refractivity contribution in [2.24, 2.45) is 7.05 Å². The van der Waals surface area contributed by atoms with Crippen LogP contribution in [-0.2, 0) is 24.0 Å². The number of anilines is 1. The quantitative estimate of drug-likeness (QED) is 0.575. The zero-order valence-electron chi connectivity index (χ0n) is 14.9. The normalized spacial score (nSPS) is 10.8. The lowest BCUT2D eigenvalue weighted by atomic mass is 10.2. The van der Waals surface area contributed by atoms with Crippen molar-refractivity contribution in [1.29, 1.82) is 0 Å². The van der Waals surface area contributed by atoms with Crippen LogP contribution >= 0.6 is 35.0 Å². The lowest BCUT2D eigenvalue weighted by Crippen LogP contribution is -2.17. The molecule has 2 aromatic carbocycles. The molecular formula is C19H18Cl2N4OS. The van der Waals surface area contributed by atoms with Crippen molar-refractivity contribution in [1.82, 2.24) is 14.8 Å². The third kappa shape index (κ3) is 5.25. The van der Waals surface area contributed by atoms with E-state index in [-0.39, 0.29) is 12.3 Å². The van der Waals surface area contributed by atoms with Gasteiger partial charge in [0.25, 0.3) is 0 Å². The van der Waals surface area contributed by atoms with E-state index in [0.29, 0.717) is 21.6 Å². The van der Waals surface area contributed by atoms with Gasteiger partial charge in [-0.1, -0.05) is 58.7 Å². The van der Waals surface area contributed by atoms with Crippen LogP contribution < -0.4 is 5.32 Å². The maximum Gasteiger partial charge on any atom is 0.232 e. The summed E-state index contributed by atoms with van der Waals surface area (Å²) in [5.41, 5.74) is 2.87. The molecule has 8 heteroatoms. The van der Waals surface area contributed by atoms with Gasteiger partial charge in [0.2, 0.25) is 5.91 Å². The number of rotatable bonds is 6. The van der Waals surface area contributed by atoms with E-state index >= 15 is 0 Å². The maximum absolute atomic E-state index is 12.3. The Hall–Kier alpha value is -2.02. The first-order valence-corrected chi connectivity index (χ1v) is 9.98. The first kappa shape index (κ1) is 19.7. The highest BCUT2D eigenvalue weighted by atomic mass is 35.5. The fraction of sp³-hybridized carbons (Fsp3) is 0.211. The third-order valence-electron chi connectivity index (χ3n) is 3.95. The molecule has 0 radical (unpaired) electrons. The number of thioether (sulfide) groups is 1. The summed E-state index contributed by atoms with van der Waals surface area (Å²) in [6.45, 7) is 2.00. The number of carbonyl (C=O) groups is 1. The van der Waals surface area contributed by atoms with Gasteiger partial charge in [-0.2, -0.15) is 0 Å². The second-order valence-corrected chi connectivity index (χ2v) is 7.86. The number of aryl methyl sites for hydroxylation is 1. The van der Waals surface area contributed by atoms with E-state index in [1.807, 2.05) is 48.9 Å². The summed E-state index contributed by atoms with van der Waals surface area (Å²) in [5.74, 6) is 1.10. The molecular weight excluding hydrogens is 403 g/mol. The van der Waals surface area contributed by atoms with E-state index in [2.05, 4.69) is 15.5 Å². The molecule has 5 nitrogen and oxygen atoms in total. The highest BCUT2D eigenvalue weighted by Gasteiger charge is 2.14. The van der Waals surface area contributed by atoms with Crippen molar-refractivity contribution in [3.8, 4) is 0 Å². The molecule has 3 aromatic rings. The van der Waals surface area contributed by atoms with Gasteiger partial charge in [0.15, 0.2) is 5.16 Å². The molecule has 1 heterocycles. The summed E-state index contributed by atoms with van der Waals surface area (Å²) < 4.78 is 1.82. The highest BCUT2D eigenvalue weighted by Crippen LogP contribution is 2.27. The SMILES string of the molecule is Cc1ccc(NC(=O)Cc2nnc(SCc3ccc(Cl)cc3Cl)n2C)cc1. The van der Waals surface area contributed by atoms with Crippen LogP contribution in [0.5, 0.6) is 0 Å². The minimum Gasteiger partial charge on any atom is -0.326 e.